The van der Waals surface area contributed by atoms with Gasteiger partial charge in [-0.05, 0) is 18.2 Å². The second kappa shape index (κ2) is 8.43. The van der Waals surface area contributed by atoms with Crippen LogP contribution < -0.4 is 20.1 Å². The minimum Gasteiger partial charge on any atom is -0.484 e. The minimum absolute atomic E-state index is 0.00470. The molecule has 3 aromatic rings. The van der Waals surface area contributed by atoms with Crippen LogP contribution in [-0.4, -0.2) is 35.4 Å². The third kappa shape index (κ3) is 4.14. The quantitative estimate of drug-likeness (QED) is 0.283. The predicted octanol–water partition coefficient (Wildman–Crippen LogP) is 4.70. The van der Waals surface area contributed by atoms with E-state index < -0.39 is 12.0 Å². The molecule has 1 saturated heterocycles. The molecule has 0 radical (unpaired) electrons. The number of nitrogens with zero attached hydrogens (tertiary/aromatic N) is 2. The van der Waals surface area contributed by atoms with Crippen LogP contribution in [0.1, 0.15) is 5.56 Å². The van der Waals surface area contributed by atoms with Crippen molar-refractivity contribution in [1.82, 2.24) is 10.3 Å². The van der Waals surface area contributed by atoms with Crippen molar-refractivity contribution in [2.24, 2.45) is 0 Å². The summed E-state index contributed by atoms with van der Waals surface area (Å²) in [4.78, 5) is 15.3. The SMILES string of the molecule is N#Cc1cnc2cc(OC(=O)O)c(OC3CNC3)cc2c1Nc1ccc(Cl)c(Cl)c1F. The Bertz CT molecular complexity index is 1240. The highest BCUT2D eigenvalue weighted by atomic mass is 35.5. The topological polar surface area (TPSA) is 116 Å². The summed E-state index contributed by atoms with van der Waals surface area (Å²) in [6.45, 7) is 1.17. The van der Waals surface area contributed by atoms with E-state index in [1.807, 2.05) is 6.07 Å². The minimum atomic E-state index is -1.51. The van der Waals surface area contributed by atoms with E-state index in [-0.39, 0.29) is 44.6 Å². The maximum absolute atomic E-state index is 14.6. The van der Waals surface area contributed by atoms with Crippen molar-refractivity contribution in [2.75, 3.05) is 18.4 Å². The molecular formula is C20H13Cl2FN4O4. The average Bonchev–Trinajstić information content (AvgIpc) is 2.71. The van der Waals surface area contributed by atoms with Crippen LogP contribution >= 0.6 is 23.2 Å². The van der Waals surface area contributed by atoms with Gasteiger partial charge < -0.3 is 25.2 Å². The summed E-state index contributed by atoms with van der Waals surface area (Å²) in [5, 5.41) is 24.7. The van der Waals surface area contributed by atoms with Gasteiger partial charge in [0.2, 0.25) is 0 Å². The molecule has 1 aromatic heterocycles. The zero-order valence-corrected chi connectivity index (χ0v) is 17.1. The lowest BCUT2D eigenvalue weighted by Gasteiger charge is -2.28. The Morgan fingerprint density at radius 1 is 1.32 bits per heavy atom. The molecule has 1 fully saturated rings. The molecule has 2 aromatic carbocycles. The van der Waals surface area contributed by atoms with Gasteiger partial charge in [0.25, 0.3) is 0 Å². The molecule has 1 aliphatic rings. The molecule has 8 nitrogen and oxygen atoms in total. The summed E-state index contributed by atoms with van der Waals surface area (Å²) in [5.74, 6) is -0.683. The van der Waals surface area contributed by atoms with Gasteiger partial charge in [-0.2, -0.15) is 5.26 Å². The fraction of sp³-hybridized carbons (Fsp3) is 0.150. The Balaban J connectivity index is 1.87. The molecule has 3 N–H and O–H groups in total. The Kier molecular flexibility index (Phi) is 5.69. The third-order valence-electron chi connectivity index (χ3n) is 4.58. The lowest BCUT2D eigenvalue weighted by Crippen LogP contribution is -2.50. The van der Waals surface area contributed by atoms with Crippen LogP contribution in [0, 0.1) is 17.1 Å². The van der Waals surface area contributed by atoms with Crippen molar-refractivity contribution in [1.29, 1.82) is 5.26 Å². The summed E-state index contributed by atoms with van der Waals surface area (Å²) in [7, 11) is 0. The van der Waals surface area contributed by atoms with Crippen molar-refractivity contribution in [3.8, 4) is 17.6 Å². The number of fused-ring (bicyclic) bond motifs is 1. The molecule has 0 unspecified atom stereocenters. The van der Waals surface area contributed by atoms with Crippen molar-refractivity contribution in [3.05, 3.63) is 51.9 Å². The molecule has 31 heavy (non-hydrogen) atoms. The van der Waals surface area contributed by atoms with Crippen LogP contribution in [0.2, 0.25) is 10.0 Å². The first-order chi connectivity index (χ1) is 14.9. The van der Waals surface area contributed by atoms with Crippen LogP contribution in [0.15, 0.2) is 30.5 Å². The molecule has 1 aliphatic heterocycles. The van der Waals surface area contributed by atoms with Gasteiger partial charge in [0, 0.05) is 30.7 Å². The first-order valence-corrected chi connectivity index (χ1v) is 9.68. The number of ether oxygens (including phenoxy) is 2. The molecule has 0 aliphatic carbocycles. The van der Waals surface area contributed by atoms with Crippen LogP contribution in [0.25, 0.3) is 10.9 Å². The molecule has 2 heterocycles. The number of carboxylic acid groups (broad SMARTS) is 1. The van der Waals surface area contributed by atoms with Gasteiger partial charge in [-0.1, -0.05) is 23.2 Å². The van der Waals surface area contributed by atoms with E-state index in [0.717, 1.165) is 0 Å². The standard InChI is InChI=1S/C20H13Cl2FN4O4/c21-12-1-2-13(18(23)17(12)22)27-19-9(5-24)6-26-14-4-16(31-20(28)29)15(3-11(14)19)30-10-7-25-8-10/h1-4,6,10,25H,7-8H2,(H,26,27)(H,28,29). The van der Waals surface area contributed by atoms with E-state index in [1.54, 1.807) is 0 Å². The van der Waals surface area contributed by atoms with Gasteiger partial charge in [0.1, 0.15) is 12.2 Å². The van der Waals surface area contributed by atoms with Crippen LogP contribution in [0.4, 0.5) is 20.6 Å². The maximum Gasteiger partial charge on any atom is 0.511 e. The monoisotopic (exact) mass is 462 g/mol. The second-order valence-corrected chi connectivity index (χ2v) is 7.37. The molecule has 0 saturated carbocycles. The number of rotatable bonds is 5. The molecular weight excluding hydrogens is 450 g/mol. The summed E-state index contributed by atoms with van der Waals surface area (Å²) in [6.07, 6.45) is -0.411. The fourth-order valence-corrected chi connectivity index (χ4v) is 3.28. The van der Waals surface area contributed by atoms with Gasteiger partial charge in [-0.25, -0.2) is 9.18 Å². The van der Waals surface area contributed by atoms with E-state index in [0.29, 0.717) is 24.0 Å². The van der Waals surface area contributed by atoms with E-state index in [2.05, 4.69) is 15.6 Å². The predicted molar refractivity (Wildman–Crippen MR) is 112 cm³/mol. The zero-order valence-electron chi connectivity index (χ0n) is 15.6. The maximum atomic E-state index is 14.6. The summed E-state index contributed by atoms with van der Waals surface area (Å²) in [5.41, 5.74) is 0.664. The average molecular weight is 463 g/mol. The fourth-order valence-electron chi connectivity index (χ4n) is 2.97. The summed E-state index contributed by atoms with van der Waals surface area (Å²) < 4.78 is 25.3. The molecule has 4 rings (SSSR count). The summed E-state index contributed by atoms with van der Waals surface area (Å²) in [6, 6.07) is 7.68. The largest absolute Gasteiger partial charge is 0.511 e. The summed E-state index contributed by atoms with van der Waals surface area (Å²) >= 11 is 11.7. The number of nitriles is 1. The van der Waals surface area contributed by atoms with Gasteiger partial charge in [0.15, 0.2) is 17.3 Å². The molecule has 0 spiro atoms. The van der Waals surface area contributed by atoms with Crippen LogP contribution in [0.3, 0.4) is 0 Å². The number of aromatic nitrogens is 1. The number of pyridine rings is 1. The first-order valence-electron chi connectivity index (χ1n) is 8.93. The number of benzene rings is 2. The zero-order chi connectivity index (χ0) is 22.1. The molecule has 11 heteroatoms. The van der Waals surface area contributed by atoms with E-state index >= 15 is 0 Å². The van der Waals surface area contributed by atoms with Gasteiger partial charge in [0.05, 0.1) is 32.5 Å². The van der Waals surface area contributed by atoms with Crippen molar-refractivity contribution < 1.29 is 23.8 Å². The highest BCUT2D eigenvalue weighted by Crippen LogP contribution is 2.39. The van der Waals surface area contributed by atoms with E-state index in [4.69, 9.17) is 37.8 Å². The van der Waals surface area contributed by atoms with Crippen LogP contribution in [0.5, 0.6) is 11.5 Å². The number of anilines is 2. The Morgan fingerprint density at radius 2 is 2.10 bits per heavy atom. The van der Waals surface area contributed by atoms with Gasteiger partial charge >= 0.3 is 6.16 Å². The normalized spacial score (nSPS) is 13.4. The Morgan fingerprint density at radius 3 is 2.74 bits per heavy atom. The Hall–Kier alpha value is -3.32. The highest BCUT2D eigenvalue weighted by molar-refractivity contribution is 6.42. The van der Waals surface area contributed by atoms with Crippen molar-refractivity contribution in [3.63, 3.8) is 0 Å². The number of hydrogen-bond donors (Lipinski definition) is 3. The number of carbonyl (C=O) groups is 1. The lowest BCUT2D eigenvalue weighted by molar-refractivity contribution is 0.125. The lowest BCUT2D eigenvalue weighted by atomic mass is 10.1. The third-order valence-corrected chi connectivity index (χ3v) is 5.36. The van der Waals surface area contributed by atoms with Crippen molar-refractivity contribution in [2.45, 2.75) is 6.10 Å². The highest BCUT2D eigenvalue weighted by Gasteiger charge is 2.23. The Labute approximate surface area is 185 Å². The second-order valence-electron chi connectivity index (χ2n) is 6.59. The van der Waals surface area contributed by atoms with Crippen LogP contribution in [-0.2, 0) is 0 Å². The number of halogens is 3. The number of hydrogen-bond acceptors (Lipinski definition) is 7. The smallest absolute Gasteiger partial charge is 0.484 e. The molecule has 0 bridgehead atoms. The first kappa shape index (κ1) is 20.9. The molecule has 0 amide bonds. The van der Waals surface area contributed by atoms with Crippen molar-refractivity contribution >= 4 is 51.6 Å². The van der Waals surface area contributed by atoms with E-state index in [1.165, 1.54) is 30.5 Å². The number of nitrogens with one attached hydrogen (secondary N) is 2. The van der Waals surface area contributed by atoms with E-state index in [9.17, 15) is 14.4 Å². The molecule has 158 valence electrons. The molecule has 0 atom stereocenters. The van der Waals surface area contributed by atoms with Gasteiger partial charge in [-0.15, -0.1) is 0 Å². The van der Waals surface area contributed by atoms with Gasteiger partial charge in [-0.3, -0.25) is 4.98 Å².